The third-order valence-corrected chi connectivity index (χ3v) is 5.43. The van der Waals surface area contributed by atoms with Crippen molar-refractivity contribution in [3.8, 4) is 17.5 Å². The molecule has 1 N–H and O–H groups in total. The van der Waals surface area contributed by atoms with Crippen LogP contribution in [0.3, 0.4) is 0 Å². The van der Waals surface area contributed by atoms with Gasteiger partial charge in [0.25, 0.3) is 0 Å². The Morgan fingerprint density at radius 1 is 1.28 bits per heavy atom. The lowest BCUT2D eigenvalue weighted by atomic mass is 10.1. The van der Waals surface area contributed by atoms with Crippen LogP contribution < -0.4 is 10.1 Å². The van der Waals surface area contributed by atoms with Crippen molar-refractivity contribution in [2.24, 2.45) is 0 Å². The van der Waals surface area contributed by atoms with Crippen molar-refractivity contribution in [1.29, 1.82) is 5.26 Å². The molecule has 3 aromatic rings. The predicted molar refractivity (Wildman–Crippen MR) is 113 cm³/mol. The van der Waals surface area contributed by atoms with Gasteiger partial charge in [0.05, 0.1) is 11.4 Å². The molecule has 0 radical (unpaired) electrons. The molecular weight excluding hydrogens is 384 g/mol. The van der Waals surface area contributed by atoms with Crippen LogP contribution >= 0.6 is 11.8 Å². The number of nitrogens with zero attached hydrogens (tertiary/aromatic N) is 3. The number of ether oxygens (including phenoxy) is 1. The SMILES string of the molecule is Cc1cccc(-n2ccnc2SCC(=O)NCc2cccc(OCC#N)c2)c1C. The number of nitriles is 1. The fourth-order valence-electron chi connectivity index (χ4n) is 2.82. The molecule has 0 aliphatic carbocycles. The monoisotopic (exact) mass is 406 g/mol. The lowest BCUT2D eigenvalue weighted by Crippen LogP contribution is -2.24. The number of thioether (sulfide) groups is 1. The number of hydrogen-bond donors (Lipinski definition) is 1. The van der Waals surface area contributed by atoms with Crippen molar-refractivity contribution < 1.29 is 9.53 Å². The van der Waals surface area contributed by atoms with Gasteiger partial charge in [-0.3, -0.25) is 9.36 Å². The van der Waals surface area contributed by atoms with E-state index in [1.807, 2.05) is 41.1 Å². The molecule has 0 aliphatic rings. The standard InChI is InChI=1S/C22H22N4O2S/c1-16-5-3-8-20(17(16)2)26-11-10-24-22(26)29-15-21(27)25-14-18-6-4-7-19(13-18)28-12-9-23/h3-8,10-11,13H,12,14-15H2,1-2H3,(H,25,27). The Morgan fingerprint density at radius 3 is 2.93 bits per heavy atom. The maximum atomic E-state index is 12.3. The Balaban J connectivity index is 1.57. The minimum absolute atomic E-state index is 0.000483. The van der Waals surface area contributed by atoms with Gasteiger partial charge in [-0.15, -0.1) is 0 Å². The van der Waals surface area contributed by atoms with E-state index in [-0.39, 0.29) is 18.3 Å². The predicted octanol–water partition coefficient (Wildman–Crippen LogP) is 3.80. The summed E-state index contributed by atoms with van der Waals surface area (Å²) in [4.78, 5) is 16.7. The molecule has 7 heteroatoms. The largest absolute Gasteiger partial charge is 0.479 e. The topological polar surface area (TPSA) is 79.9 Å². The molecular formula is C22H22N4O2S. The number of nitrogens with one attached hydrogen (secondary N) is 1. The smallest absolute Gasteiger partial charge is 0.230 e. The molecule has 0 fully saturated rings. The minimum atomic E-state index is -0.0751. The van der Waals surface area contributed by atoms with E-state index in [0.29, 0.717) is 12.3 Å². The van der Waals surface area contributed by atoms with Crippen LogP contribution in [0.15, 0.2) is 60.0 Å². The Hall–Kier alpha value is -3.24. The zero-order valence-electron chi connectivity index (χ0n) is 16.4. The van der Waals surface area contributed by atoms with Gasteiger partial charge in [0.2, 0.25) is 5.91 Å². The molecule has 1 aromatic heterocycles. The third-order valence-electron chi connectivity index (χ3n) is 4.47. The molecule has 3 rings (SSSR count). The summed E-state index contributed by atoms with van der Waals surface area (Å²) in [5.74, 6) is 0.809. The van der Waals surface area contributed by atoms with Gasteiger partial charge in [-0.1, -0.05) is 36.0 Å². The van der Waals surface area contributed by atoms with Crippen LogP contribution in [-0.2, 0) is 11.3 Å². The highest BCUT2D eigenvalue weighted by atomic mass is 32.2. The highest BCUT2D eigenvalue weighted by Crippen LogP contribution is 2.24. The normalized spacial score (nSPS) is 10.4. The van der Waals surface area contributed by atoms with Crippen molar-refractivity contribution in [3.05, 3.63) is 71.5 Å². The summed E-state index contributed by atoms with van der Waals surface area (Å²) in [6, 6.07) is 15.4. The van der Waals surface area contributed by atoms with Crippen LogP contribution in [0.1, 0.15) is 16.7 Å². The number of rotatable bonds is 8. The van der Waals surface area contributed by atoms with Crippen molar-refractivity contribution in [2.75, 3.05) is 12.4 Å². The second-order valence-corrected chi connectivity index (χ2v) is 7.40. The second-order valence-electron chi connectivity index (χ2n) is 6.46. The first kappa shape index (κ1) is 20.5. The Kier molecular flexibility index (Phi) is 6.93. The number of carbonyl (C=O) groups is 1. The van der Waals surface area contributed by atoms with Crippen LogP contribution in [0, 0.1) is 25.2 Å². The van der Waals surface area contributed by atoms with Crippen LogP contribution in [0.4, 0.5) is 0 Å². The summed E-state index contributed by atoms with van der Waals surface area (Å²) in [5, 5.41) is 12.3. The maximum absolute atomic E-state index is 12.3. The zero-order valence-corrected chi connectivity index (χ0v) is 17.2. The van der Waals surface area contributed by atoms with Gasteiger partial charge in [-0.25, -0.2) is 4.98 Å². The lowest BCUT2D eigenvalue weighted by Gasteiger charge is -2.12. The van der Waals surface area contributed by atoms with E-state index >= 15 is 0 Å². The quantitative estimate of drug-likeness (QED) is 0.576. The molecule has 6 nitrogen and oxygen atoms in total. The summed E-state index contributed by atoms with van der Waals surface area (Å²) < 4.78 is 7.29. The van der Waals surface area contributed by atoms with Crippen molar-refractivity contribution >= 4 is 17.7 Å². The maximum Gasteiger partial charge on any atom is 0.230 e. The number of hydrogen-bond acceptors (Lipinski definition) is 5. The van der Waals surface area contributed by atoms with E-state index in [1.54, 1.807) is 12.3 Å². The molecule has 0 aliphatic heterocycles. The molecule has 0 atom stereocenters. The molecule has 0 saturated carbocycles. The third kappa shape index (κ3) is 5.39. The number of amides is 1. The summed E-state index contributed by atoms with van der Waals surface area (Å²) >= 11 is 1.40. The van der Waals surface area contributed by atoms with Gasteiger partial charge in [-0.05, 0) is 48.7 Å². The van der Waals surface area contributed by atoms with Crippen LogP contribution in [0.25, 0.3) is 5.69 Å². The van der Waals surface area contributed by atoms with Gasteiger partial charge < -0.3 is 10.1 Å². The van der Waals surface area contributed by atoms with E-state index in [1.165, 1.54) is 22.9 Å². The summed E-state index contributed by atoms with van der Waals surface area (Å²) in [6.07, 6.45) is 3.66. The first-order valence-corrected chi connectivity index (χ1v) is 10.1. The first-order valence-electron chi connectivity index (χ1n) is 9.16. The molecule has 29 heavy (non-hydrogen) atoms. The van der Waals surface area contributed by atoms with Gasteiger partial charge in [0.1, 0.15) is 11.8 Å². The fraction of sp³-hybridized carbons (Fsp3) is 0.227. The van der Waals surface area contributed by atoms with Crippen LogP contribution in [-0.4, -0.2) is 27.8 Å². The van der Waals surface area contributed by atoms with E-state index in [4.69, 9.17) is 10.00 Å². The van der Waals surface area contributed by atoms with Gasteiger partial charge in [-0.2, -0.15) is 5.26 Å². The van der Waals surface area contributed by atoms with Crippen LogP contribution in [0.2, 0.25) is 0 Å². The van der Waals surface area contributed by atoms with Crippen LogP contribution in [0.5, 0.6) is 5.75 Å². The van der Waals surface area contributed by atoms with E-state index in [2.05, 4.69) is 36.3 Å². The molecule has 2 aromatic carbocycles. The molecule has 1 heterocycles. The van der Waals surface area contributed by atoms with Crippen molar-refractivity contribution in [2.45, 2.75) is 25.5 Å². The van der Waals surface area contributed by atoms with Gasteiger partial charge >= 0.3 is 0 Å². The second kappa shape index (κ2) is 9.80. The van der Waals surface area contributed by atoms with E-state index < -0.39 is 0 Å². The first-order chi connectivity index (χ1) is 14.1. The number of aryl methyl sites for hydroxylation is 1. The molecule has 148 valence electrons. The van der Waals surface area contributed by atoms with E-state index in [9.17, 15) is 4.79 Å². The minimum Gasteiger partial charge on any atom is -0.479 e. The average molecular weight is 407 g/mol. The summed E-state index contributed by atoms with van der Waals surface area (Å²) in [7, 11) is 0. The Morgan fingerprint density at radius 2 is 2.10 bits per heavy atom. The Bertz CT molecular complexity index is 1040. The molecule has 0 unspecified atom stereocenters. The summed E-state index contributed by atoms with van der Waals surface area (Å²) in [6.45, 7) is 4.56. The van der Waals surface area contributed by atoms with E-state index in [0.717, 1.165) is 16.4 Å². The zero-order chi connectivity index (χ0) is 20.6. The molecule has 0 saturated heterocycles. The summed E-state index contributed by atoms with van der Waals surface area (Å²) in [5.41, 5.74) is 4.39. The number of aromatic nitrogens is 2. The van der Waals surface area contributed by atoms with Gasteiger partial charge in [0.15, 0.2) is 11.8 Å². The highest BCUT2D eigenvalue weighted by molar-refractivity contribution is 7.99. The lowest BCUT2D eigenvalue weighted by molar-refractivity contribution is -0.118. The number of benzene rings is 2. The Labute approximate surface area is 174 Å². The molecule has 0 bridgehead atoms. The molecule has 1 amide bonds. The van der Waals surface area contributed by atoms with Crippen molar-refractivity contribution in [1.82, 2.24) is 14.9 Å². The number of carbonyl (C=O) groups excluding carboxylic acids is 1. The molecule has 0 spiro atoms. The highest BCUT2D eigenvalue weighted by Gasteiger charge is 2.11. The van der Waals surface area contributed by atoms with Gasteiger partial charge in [0, 0.05) is 18.9 Å². The number of imidazole rings is 1. The fourth-order valence-corrected chi connectivity index (χ4v) is 3.62. The average Bonchev–Trinajstić information content (AvgIpc) is 3.20. The van der Waals surface area contributed by atoms with Crippen molar-refractivity contribution in [3.63, 3.8) is 0 Å².